The van der Waals surface area contributed by atoms with Gasteiger partial charge in [0, 0.05) is 23.8 Å². The molecular weight excluding hydrogens is 584 g/mol. The highest BCUT2D eigenvalue weighted by Crippen LogP contribution is 2.47. The molecule has 6 atom stereocenters. The molecule has 0 aliphatic carbocycles. The lowest BCUT2D eigenvalue weighted by molar-refractivity contribution is -0.294. The topological polar surface area (TPSA) is 236 Å². The fourth-order valence-electron chi connectivity index (χ4n) is 4.60. The number of phenolic OH excluding ortho intramolecular Hbond substituents is 6. The molecule has 14 heteroatoms. The highest BCUT2D eigenvalue weighted by Gasteiger charge is 2.46. The minimum atomic E-state index is -1.84. The second-order valence-electron chi connectivity index (χ2n) is 10.0. The predicted octanol–water partition coefficient (Wildman–Crippen LogP) is 1.48. The second-order valence-corrected chi connectivity index (χ2v) is 10.0. The first-order valence-electron chi connectivity index (χ1n) is 13.1. The van der Waals surface area contributed by atoms with Gasteiger partial charge in [-0.1, -0.05) is 12.1 Å². The normalized spacial score (nSPS) is 24.7. The van der Waals surface area contributed by atoms with Gasteiger partial charge < -0.3 is 64.9 Å². The number of carbonyl (C=O) groups is 1. The van der Waals surface area contributed by atoms with Crippen molar-refractivity contribution >= 4 is 18.1 Å². The minimum Gasteiger partial charge on any atom is -0.508 e. The number of fused-ring (bicyclic) bond motifs is 1. The van der Waals surface area contributed by atoms with Gasteiger partial charge in [0.15, 0.2) is 23.4 Å². The Bertz CT molecular complexity index is 1570. The molecule has 5 rings (SSSR count). The molecule has 0 radical (unpaired) electrons. The van der Waals surface area contributed by atoms with Gasteiger partial charge in [0.25, 0.3) is 0 Å². The van der Waals surface area contributed by atoms with Gasteiger partial charge in [-0.05, 0) is 42.0 Å². The van der Waals surface area contributed by atoms with Crippen LogP contribution in [0.25, 0.3) is 12.2 Å². The quantitative estimate of drug-likeness (QED) is 0.104. The van der Waals surface area contributed by atoms with Crippen molar-refractivity contribution in [2.45, 2.75) is 36.8 Å². The minimum absolute atomic E-state index is 0.0225. The van der Waals surface area contributed by atoms with Crippen molar-refractivity contribution in [3.8, 4) is 40.2 Å². The molecule has 1 unspecified atom stereocenters. The first kappa shape index (κ1) is 30.3. The van der Waals surface area contributed by atoms with Crippen LogP contribution in [0.3, 0.4) is 0 Å². The first-order chi connectivity index (χ1) is 20.9. The van der Waals surface area contributed by atoms with Crippen LogP contribution in [0.2, 0.25) is 0 Å². The van der Waals surface area contributed by atoms with E-state index < -0.39 is 72.4 Å². The summed E-state index contributed by atoms with van der Waals surface area (Å²) in [6, 6.07) is 10.3. The van der Waals surface area contributed by atoms with E-state index in [1.54, 1.807) is 12.1 Å². The highest BCUT2D eigenvalue weighted by molar-refractivity contribution is 5.87. The van der Waals surface area contributed by atoms with Crippen molar-refractivity contribution in [3.05, 3.63) is 77.1 Å². The Hall–Kier alpha value is -5.15. The Balaban J connectivity index is 1.37. The summed E-state index contributed by atoms with van der Waals surface area (Å²) in [7, 11) is 0. The number of ether oxygens (including phenoxy) is 4. The molecule has 2 aliphatic heterocycles. The maximum atomic E-state index is 12.3. The summed E-state index contributed by atoms with van der Waals surface area (Å²) in [6.45, 7) is -0.564. The Labute approximate surface area is 248 Å². The van der Waals surface area contributed by atoms with E-state index in [0.29, 0.717) is 5.56 Å². The Morgan fingerprint density at radius 3 is 2.18 bits per heavy atom. The van der Waals surface area contributed by atoms with Crippen molar-refractivity contribution < 1.29 is 69.7 Å². The third-order valence-electron chi connectivity index (χ3n) is 6.91. The Morgan fingerprint density at radius 1 is 0.818 bits per heavy atom. The molecule has 1 saturated heterocycles. The van der Waals surface area contributed by atoms with Crippen molar-refractivity contribution in [1.82, 2.24) is 0 Å². The number of aliphatic hydroxyl groups is 3. The third kappa shape index (κ3) is 6.28. The summed E-state index contributed by atoms with van der Waals surface area (Å²) in [6.07, 6.45) is -6.01. The number of aromatic hydroxyl groups is 6. The monoisotopic (exact) mass is 612 g/mol. The van der Waals surface area contributed by atoms with Crippen LogP contribution in [0.5, 0.6) is 40.2 Å². The third-order valence-corrected chi connectivity index (χ3v) is 6.91. The fourth-order valence-corrected chi connectivity index (χ4v) is 4.60. The molecule has 3 aromatic rings. The summed E-state index contributed by atoms with van der Waals surface area (Å²) in [5, 5.41) is 91.3. The van der Waals surface area contributed by atoms with E-state index in [-0.39, 0.29) is 34.1 Å². The molecule has 232 valence electrons. The van der Waals surface area contributed by atoms with Crippen LogP contribution in [0.15, 0.2) is 60.4 Å². The highest BCUT2D eigenvalue weighted by atomic mass is 16.7. The molecule has 0 bridgehead atoms. The maximum Gasteiger partial charge on any atom is 0.330 e. The van der Waals surface area contributed by atoms with Gasteiger partial charge in [0.1, 0.15) is 59.8 Å². The van der Waals surface area contributed by atoms with Crippen LogP contribution in [0, 0.1) is 0 Å². The molecule has 0 saturated carbocycles. The average molecular weight is 613 g/mol. The lowest BCUT2D eigenvalue weighted by Crippen LogP contribution is -2.59. The molecule has 2 heterocycles. The lowest BCUT2D eigenvalue weighted by Gasteiger charge is -2.41. The van der Waals surface area contributed by atoms with Crippen LogP contribution in [0.4, 0.5) is 0 Å². The molecule has 3 aromatic carbocycles. The van der Waals surface area contributed by atoms with E-state index in [0.717, 1.165) is 24.3 Å². The van der Waals surface area contributed by atoms with E-state index in [1.807, 2.05) is 0 Å². The van der Waals surface area contributed by atoms with Crippen molar-refractivity contribution in [2.24, 2.45) is 0 Å². The van der Waals surface area contributed by atoms with E-state index in [1.165, 1.54) is 30.4 Å². The van der Waals surface area contributed by atoms with Gasteiger partial charge in [-0.15, -0.1) is 0 Å². The zero-order chi connectivity index (χ0) is 31.7. The number of rotatable bonds is 7. The van der Waals surface area contributed by atoms with E-state index in [2.05, 4.69) is 0 Å². The number of aliphatic hydroxyl groups excluding tert-OH is 3. The molecule has 1 fully saturated rings. The molecule has 9 N–H and O–H groups in total. The molecule has 14 nitrogen and oxygen atoms in total. The molecule has 0 spiro atoms. The zero-order valence-electron chi connectivity index (χ0n) is 22.6. The molecule has 2 aliphatic rings. The molecule has 44 heavy (non-hydrogen) atoms. The number of phenols is 6. The Kier molecular flexibility index (Phi) is 8.42. The van der Waals surface area contributed by atoms with E-state index >= 15 is 0 Å². The lowest BCUT2D eigenvalue weighted by atomic mass is 9.98. The first-order valence-corrected chi connectivity index (χ1v) is 13.1. The SMILES string of the molecule is O=C(/C=C/c1ccc(O)cc1)OC[C@@H]1O[C@@H](OC2=Cc3c(O)cc(O)cc3OC2c2cc(O)c(O)c(O)c2)[C@@H](O)[C@H](O)[C@H]1O. The van der Waals surface area contributed by atoms with Crippen LogP contribution in [0.1, 0.15) is 22.8 Å². The number of carbonyl (C=O) groups excluding carboxylic acids is 1. The molecule has 0 aromatic heterocycles. The van der Waals surface area contributed by atoms with Gasteiger partial charge >= 0.3 is 5.97 Å². The standard InChI is InChI=1S/C30H28O14/c31-15-4-1-13(2-5-15)3-6-24(36)41-12-23-26(38)27(39)28(40)30(44-23)43-22-11-17-18(33)9-16(32)10-21(17)42-29(22)14-7-19(34)25(37)20(35)8-14/h1-11,23,26-35,37-40H,12H2/b6-3+/t23-,26-,27+,28-,29?,30+/m0/s1. The van der Waals surface area contributed by atoms with Crippen molar-refractivity contribution in [1.29, 1.82) is 0 Å². The number of hydrogen-bond donors (Lipinski definition) is 9. The summed E-state index contributed by atoms with van der Waals surface area (Å²) in [5.74, 6) is -3.96. The van der Waals surface area contributed by atoms with Crippen LogP contribution in [-0.4, -0.2) is 89.2 Å². The van der Waals surface area contributed by atoms with Gasteiger partial charge in [0.2, 0.25) is 6.29 Å². The molecule has 0 amide bonds. The maximum absolute atomic E-state index is 12.3. The van der Waals surface area contributed by atoms with Crippen molar-refractivity contribution in [2.75, 3.05) is 6.61 Å². The number of benzene rings is 3. The van der Waals surface area contributed by atoms with Gasteiger partial charge in [-0.2, -0.15) is 0 Å². The smallest absolute Gasteiger partial charge is 0.330 e. The largest absolute Gasteiger partial charge is 0.508 e. The summed E-state index contributed by atoms with van der Waals surface area (Å²) in [4.78, 5) is 12.3. The van der Waals surface area contributed by atoms with Crippen molar-refractivity contribution in [3.63, 3.8) is 0 Å². The fraction of sp³-hybridized carbons (Fsp3) is 0.233. The van der Waals surface area contributed by atoms with E-state index in [9.17, 15) is 50.8 Å². The predicted molar refractivity (Wildman–Crippen MR) is 148 cm³/mol. The summed E-state index contributed by atoms with van der Waals surface area (Å²) >= 11 is 0. The van der Waals surface area contributed by atoms with E-state index in [4.69, 9.17) is 18.9 Å². The van der Waals surface area contributed by atoms with Crippen LogP contribution in [-0.2, 0) is 19.0 Å². The number of esters is 1. The van der Waals surface area contributed by atoms with Gasteiger partial charge in [-0.25, -0.2) is 4.79 Å². The van der Waals surface area contributed by atoms with Gasteiger partial charge in [-0.3, -0.25) is 0 Å². The number of hydrogen-bond acceptors (Lipinski definition) is 14. The second kappa shape index (κ2) is 12.2. The van der Waals surface area contributed by atoms with Gasteiger partial charge in [0.05, 0.1) is 5.56 Å². The Morgan fingerprint density at radius 2 is 1.50 bits per heavy atom. The van der Waals surface area contributed by atoms with Crippen LogP contribution < -0.4 is 4.74 Å². The molecular formula is C30H28O14. The van der Waals surface area contributed by atoms with Crippen LogP contribution >= 0.6 is 0 Å². The zero-order valence-corrected chi connectivity index (χ0v) is 22.6. The average Bonchev–Trinajstić information content (AvgIpc) is 2.98. The summed E-state index contributed by atoms with van der Waals surface area (Å²) < 4.78 is 22.5. The summed E-state index contributed by atoms with van der Waals surface area (Å²) in [5.41, 5.74) is 0.656.